The summed E-state index contributed by atoms with van der Waals surface area (Å²) < 4.78 is 0.870. The third kappa shape index (κ3) is 4.84. The predicted octanol–water partition coefficient (Wildman–Crippen LogP) is 3.29. The Morgan fingerprint density at radius 2 is 2.05 bits per heavy atom. The van der Waals surface area contributed by atoms with Gasteiger partial charge in [0.15, 0.2) is 0 Å². The van der Waals surface area contributed by atoms with Gasteiger partial charge in [-0.25, -0.2) is 4.79 Å². The van der Waals surface area contributed by atoms with Gasteiger partial charge in [0.1, 0.15) is 0 Å². The first-order valence-corrected chi connectivity index (χ1v) is 7.28. The number of nitrogens with zero attached hydrogens (tertiary/aromatic N) is 1. The first-order valence-electron chi connectivity index (χ1n) is 6.49. The monoisotopic (exact) mass is 328 g/mol. The molecule has 0 radical (unpaired) electrons. The van der Waals surface area contributed by atoms with Gasteiger partial charge in [0.05, 0.1) is 11.3 Å². The van der Waals surface area contributed by atoms with Gasteiger partial charge in [-0.15, -0.1) is 0 Å². The summed E-state index contributed by atoms with van der Waals surface area (Å²) in [4.78, 5) is 13.5. The van der Waals surface area contributed by atoms with E-state index in [1.165, 1.54) is 0 Å². The van der Waals surface area contributed by atoms with Gasteiger partial charge < -0.3 is 15.3 Å². The van der Waals surface area contributed by atoms with E-state index in [0.29, 0.717) is 11.3 Å². The fraction of sp³-hybridized carbons (Fsp3) is 0.500. The van der Waals surface area contributed by atoms with E-state index < -0.39 is 5.97 Å². The summed E-state index contributed by atoms with van der Waals surface area (Å²) >= 11 is 3.37. The van der Waals surface area contributed by atoms with Crippen LogP contribution in [0, 0.1) is 0 Å². The van der Waals surface area contributed by atoms with Crippen LogP contribution in [0.5, 0.6) is 0 Å². The highest BCUT2D eigenvalue weighted by molar-refractivity contribution is 9.10. The molecule has 5 heteroatoms. The van der Waals surface area contributed by atoms with Crippen LogP contribution in [0.15, 0.2) is 22.7 Å². The molecule has 0 heterocycles. The van der Waals surface area contributed by atoms with Crippen LogP contribution in [-0.4, -0.2) is 41.7 Å². The van der Waals surface area contributed by atoms with Gasteiger partial charge in [-0.2, -0.15) is 0 Å². The minimum absolute atomic E-state index is 0.187. The van der Waals surface area contributed by atoms with Gasteiger partial charge in [0, 0.05) is 17.1 Å². The molecule has 0 aliphatic rings. The Labute approximate surface area is 122 Å². The van der Waals surface area contributed by atoms with Gasteiger partial charge in [-0.1, -0.05) is 29.8 Å². The summed E-state index contributed by atoms with van der Waals surface area (Å²) in [6.07, 6.45) is 0. The van der Waals surface area contributed by atoms with E-state index in [0.717, 1.165) is 24.1 Å². The van der Waals surface area contributed by atoms with Gasteiger partial charge in [0.25, 0.3) is 0 Å². The quantitative estimate of drug-likeness (QED) is 0.806. The first kappa shape index (κ1) is 16.0. The van der Waals surface area contributed by atoms with Crippen molar-refractivity contribution in [1.29, 1.82) is 0 Å². The maximum absolute atomic E-state index is 11.2. The summed E-state index contributed by atoms with van der Waals surface area (Å²) in [7, 11) is 0. The number of anilines is 1. The minimum Gasteiger partial charge on any atom is -0.478 e. The molecule has 1 rings (SSSR count). The number of aromatic carboxylic acids is 1. The highest BCUT2D eigenvalue weighted by atomic mass is 79.9. The second-order valence-electron chi connectivity index (χ2n) is 4.53. The van der Waals surface area contributed by atoms with E-state index >= 15 is 0 Å². The zero-order chi connectivity index (χ0) is 14.4. The molecular formula is C14H21BrN2O2. The number of nitrogens with one attached hydrogen (secondary N) is 1. The molecule has 2 N–H and O–H groups in total. The van der Waals surface area contributed by atoms with E-state index in [4.69, 9.17) is 0 Å². The van der Waals surface area contributed by atoms with Crippen molar-refractivity contribution in [2.24, 2.45) is 0 Å². The van der Waals surface area contributed by atoms with Crippen LogP contribution in [0.25, 0.3) is 0 Å². The van der Waals surface area contributed by atoms with Gasteiger partial charge in [-0.05, 0) is 38.2 Å². The summed E-state index contributed by atoms with van der Waals surface area (Å²) in [5, 5.41) is 12.5. The SMILES string of the molecule is CCN(CC)CC(C)Nc1cc(Br)ccc1C(=O)O. The smallest absolute Gasteiger partial charge is 0.337 e. The Balaban J connectivity index is 2.80. The number of hydrogen-bond donors (Lipinski definition) is 2. The van der Waals surface area contributed by atoms with E-state index in [9.17, 15) is 9.90 Å². The van der Waals surface area contributed by atoms with Crippen LogP contribution in [0.1, 0.15) is 31.1 Å². The molecule has 106 valence electrons. The molecule has 1 aromatic rings. The number of benzene rings is 1. The number of rotatable bonds is 7. The zero-order valence-corrected chi connectivity index (χ0v) is 13.2. The first-order chi connectivity index (χ1) is 8.97. The summed E-state index contributed by atoms with van der Waals surface area (Å²) in [6.45, 7) is 9.18. The molecule has 4 nitrogen and oxygen atoms in total. The van der Waals surface area contributed by atoms with Crippen LogP contribution >= 0.6 is 15.9 Å². The van der Waals surface area contributed by atoms with Crippen molar-refractivity contribution in [3.63, 3.8) is 0 Å². The minimum atomic E-state index is -0.912. The molecule has 1 atom stereocenters. The molecule has 0 aromatic heterocycles. The molecule has 0 spiro atoms. The lowest BCUT2D eigenvalue weighted by molar-refractivity contribution is 0.0698. The van der Waals surface area contributed by atoms with Crippen LogP contribution in [-0.2, 0) is 0 Å². The molecule has 1 unspecified atom stereocenters. The fourth-order valence-electron chi connectivity index (χ4n) is 2.00. The summed E-state index contributed by atoms with van der Waals surface area (Å²) in [5.74, 6) is -0.912. The number of hydrogen-bond acceptors (Lipinski definition) is 3. The average Bonchev–Trinajstić information content (AvgIpc) is 2.35. The number of halogens is 1. The van der Waals surface area contributed by atoms with Gasteiger partial charge in [-0.3, -0.25) is 0 Å². The Morgan fingerprint density at radius 1 is 1.42 bits per heavy atom. The molecule has 0 saturated carbocycles. The Kier molecular flexibility index (Phi) is 6.31. The lowest BCUT2D eigenvalue weighted by Crippen LogP contribution is -2.35. The van der Waals surface area contributed by atoms with E-state index in [2.05, 4.69) is 46.9 Å². The average molecular weight is 329 g/mol. The molecular weight excluding hydrogens is 308 g/mol. The second-order valence-corrected chi connectivity index (χ2v) is 5.44. The lowest BCUT2D eigenvalue weighted by atomic mass is 10.1. The van der Waals surface area contributed by atoms with Crippen molar-refractivity contribution in [2.75, 3.05) is 25.0 Å². The molecule has 0 amide bonds. The molecule has 19 heavy (non-hydrogen) atoms. The zero-order valence-electron chi connectivity index (χ0n) is 11.6. The van der Waals surface area contributed by atoms with Crippen molar-refractivity contribution in [3.05, 3.63) is 28.2 Å². The highest BCUT2D eigenvalue weighted by Crippen LogP contribution is 2.22. The van der Waals surface area contributed by atoms with Crippen molar-refractivity contribution < 1.29 is 9.90 Å². The van der Waals surface area contributed by atoms with E-state index in [-0.39, 0.29) is 6.04 Å². The normalized spacial score (nSPS) is 12.5. The summed E-state index contributed by atoms with van der Waals surface area (Å²) in [6, 6.07) is 5.34. The maximum Gasteiger partial charge on any atom is 0.337 e. The maximum atomic E-state index is 11.2. The van der Waals surface area contributed by atoms with Crippen LogP contribution in [0.4, 0.5) is 5.69 Å². The number of carbonyl (C=O) groups is 1. The standard InChI is InChI=1S/C14H21BrN2O2/c1-4-17(5-2)9-10(3)16-13-8-11(15)6-7-12(13)14(18)19/h6-8,10,16H,4-5,9H2,1-3H3,(H,18,19). The Hall–Kier alpha value is -1.07. The van der Waals surface area contributed by atoms with E-state index in [1.807, 2.05) is 6.07 Å². The van der Waals surface area contributed by atoms with Gasteiger partial charge >= 0.3 is 5.97 Å². The largest absolute Gasteiger partial charge is 0.478 e. The van der Waals surface area contributed by atoms with Crippen LogP contribution < -0.4 is 5.32 Å². The van der Waals surface area contributed by atoms with Crippen molar-refractivity contribution in [1.82, 2.24) is 4.90 Å². The highest BCUT2D eigenvalue weighted by Gasteiger charge is 2.13. The molecule has 0 fully saturated rings. The molecule has 0 saturated heterocycles. The topological polar surface area (TPSA) is 52.6 Å². The number of carboxylic acids is 1. The number of carboxylic acid groups (broad SMARTS) is 1. The predicted molar refractivity (Wildman–Crippen MR) is 82.0 cm³/mol. The van der Waals surface area contributed by atoms with Gasteiger partial charge in [0.2, 0.25) is 0 Å². The molecule has 0 aliphatic heterocycles. The summed E-state index contributed by atoms with van der Waals surface area (Å²) in [5.41, 5.74) is 0.955. The van der Waals surface area contributed by atoms with Crippen molar-refractivity contribution >= 4 is 27.6 Å². The third-order valence-electron chi connectivity index (χ3n) is 3.04. The van der Waals surface area contributed by atoms with Crippen LogP contribution in [0.2, 0.25) is 0 Å². The molecule has 1 aromatic carbocycles. The van der Waals surface area contributed by atoms with Crippen molar-refractivity contribution in [2.45, 2.75) is 26.8 Å². The molecule has 0 bridgehead atoms. The van der Waals surface area contributed by atoms with Crippen LogP contribution in [0.3, 0.4) is 0 Å². The second kappa shape index (κ2) is 7.50. The number of likely N-dealkylation sites (N-methyl/N-ethyl adjacent to an activating group) is 1. The Morgan fingerprint density at radius 3 is 2.58 bits per heavy atom. The van der Waals surface area contributed by atoms with Crippen molar-refractivity contribution in [3.8, 4) is 0 Å². The lowest BCUT2D eigenvalue weighted by Gasteiger charge is -2.24. The third-order valence-corrected chi connectivity index (χ3v) is 3.53. The Bertz CT molecular complexity index is 433. The molecule has 0 aliphatic carbocycles. The fourth-order valence-corrected chi connectivity index (χ4v) is 2.36. The van der Waals surface area contributed by atoms with E-state index in [1.54, 1.807) is 12.1 Å².